The molecular weight excluding hydrogens is 384 g/mol. The third-order valence-corrected chi connectivity index (χ3v) is 4.65. The number of anilines is 1. The zero-order valence-electron chi connectivity index (χ0n) is 16.6. The van der Waals surface area contributed by atoms with Crippen LogP contribution in [-0.4, -0.2) is 28.1 Å². The quantitative estimate of drug-likeness (QED) is 0.509. The van der Waals surface area contributed by atoms with Crippen molar-refractivity contribution in [3.8, 4) is 17.1 Å². The predicted molar refractivity (Wildman–Crippen MR) is 113 cm³/mol. The lowest BCUT2D eigenvalue weighted by Gasteiger charge is -2.05. The van der Waals surface area contributed by atoms with Crippen LogP contribution in [0.25, 0.3) is 22.3 Å². The van der Waals surface area contributed by atoms with E-state index in [1.165, 1.54) is 0 Å². The topological polar surface area (TPSA) is 110 Å². The second kappa shape index (κ2) is 8.20. The molecule has 2 heterocycles. The van der Waals surface area contributed by atoms with E-state index in [9.17, 15) is 9.59 Å². The van der Waals surface area contributed by atoms with Crippen molar-refractivity contribution in [1.29, 1.82) is 0 Å². The Balaban J connectivity index is 1.43. The zero-order chi connectivity index (χ0) is 21.1. The van der Waals surface area contributed by atoms with Gasteiger partial charge in [-0.2, -0.15) is 4.98 Å². The smallest absolute Gasteiger partial charge is 0.259 e. The lowest BCUT2D eigenvalue weighted by Crippen LogP contribution is -2.12. The summed E-state index contributed by atoms with van der Waals surface area (Å²) in [6.45, 7) is 1.96. The molecule has 0 aliphatic heterocycles. The number of hydrogen-bond acceptors (Lipinski definition) is 6. The number of hydrogen-bond donors (Lipinski definition) is 2. The standard InChI is InChI=1S/C22H20N4O4/c1-13-3-4-14-12-17(22(28)24-18(14)11-13)21-25-20(30-26-21)10-9-19(27)23-15-5-7-16(29-2)8-6-15/h3-8,11-12H,9-10H2,1-2H3,(H,23,27)(H,24,28). The van der Waals surface area contributed by atoms with E-state index >= 15 is 0 Å². The molecular formula is C22H20N4O4. The largest absolute Gasteiger partial charge is 0.497 e. The molecule has 8 heteroatoms. The highest BCUT2D eigenvalue weighted by atomic mass is 16.5. The number of carbonyl (C=O) groups excluding carboxylic acids is 1. The van der Waals surface area contributed by atoms with E-state index in [0.29, 0.717) is 22.9 Å². The Labute approximate surface area is 171 Å². The van der Waals surface area contributed by atoms with Gasteiger partial charge in [-0.25, -0.2) is 0 Å². The molecule has 0 atom stereocenters. The SMILES string of the molecule is COc1ccc(NC(=O)CCc2nc(-c3cc4ccc(C)cc4[nH]c3=O)no2)cc1. The molecule has 0 spiro atoms. The van der Waals surface area contributed by atoms with Gasteiger partial charge in [0, 0.05) is 24.0 Å². The fourth-order valence-corrected chi connectivity index (χ4v) is 3.07. The predicted octanol–water partition coefficient (Wildman–Crippen LogP) is 3.47. The summed E-state index contributed by atoms with van der Waals surface area (Å²) in [4.78, 5) is 31.7. The number of H-pyrrole nitrogens is 1. The minimum absolute atomic E-state index is 0.168. The molecule has 0 saturated heterocycles. The second-order valence-electron chi connectivity index (χ2n) is 6.89. The molecule has 30 heavy (non-hydrogen) atoms. The van der Waals surface area contributed by atoms with Gasteiger partial charge >= 0.3 is 0 Å². The summed E-state index contributed by atoms with van der Waals surface area (Å²) in [5, 5.41) is 7.57. The number of amides is 1. The molecule has 4 aromatic rings. The summed E-state index contributed by atoms with van der Waals surface area (Å²) in [5.74, 6) is 1.02. The summed E-state index contributed by atoms with van der Waals surface area (Å²) < 4.78 is 10.3. The van der Waals surface area contributed by atoms with Gasteiger partial charge in [-0.3, -0.25) is 9.59 Å². The van der Waals surface area contributed by atoms with Crippen LogP contribution in [-0.2, 0) is 11.2 Å². The molecule has 0 aliphatic carbocycles. The van der Waals surface area contributed by atoms with Crippen molar-refractivity contribution in [3.63, 3.8) is 0 Å². The van der Waals surface area contributed by atoms with Gasteiger partial charge in [-0.15, -0.1) is 0 Å². The van der Waals surface area contributed by atoms with Crippen LogP contribution < -0.4 is 15.6 Å². The first-order chi connectivity index (χ1) is 14.5. The molecule has 2 N–H and O–H groups in total. The van der Waals surface area contributed by atoms with Crippen molar-refractivity contribution in [2.45, 2.75) is 19.8 Å². The Morgan fingerprint density at radius 1 is 1.17 bits per heavy atom. The van der Waals surface area contributed by atoms with Crippen LogP contribution in [0.2, 0.25) is 0 Å². The van der Waals surface area contributed by atoms with E-state index in [4.69, 9.17) is 9.26 Å². The monoisotopic (exact) mass is 404 g/mol. The average molecular weight is 404 g/mol. The van der Waals surface area contributed by atoms with E-state index in [2.05, 4.69) is 20.4 Å². The lowest BCUT2D eigenvalue weighted by atomic mass is 10.1. The molecule has 0 aliphatic rings. The number of nitrogens with zero attached hydrogens (tertiary/aromatic N) is 2. The van der Waals surface area contributed by atoms with Crippen LogP contribution >= 0.6 is 0 Å². The maximum atomic E-state index is 12.4. The van der Waals surface area contributed by atoms with Crippen LogP contribution in [0.4, 0.5) is 5.69 Å². The third kappa shape index (κ3) is 4.22. The van der Waals surface area contributed by atoms with Crippen LogP contribution in [0.5, 0.6) is 5.75 Å². The van der Waals surface area contributed by atoms with Crippen LogP contribution in [0.3, 0.4) is 0 Å². The highest BCUT2D eigenvalue weighted by Gasteiger charge is 2.14. The van der Waals surface area contributed by atoms with Gasteiger partial charge in [-0.1, -0.05) is 17.3 Å². The van der Waals surface area contributed by atoms with Crippen LogP contribution in [0.1, 0.15) is 17.9 Å². The van der Waals surface area contributed by atoms with E-state index in [-0.39, 0.29) is 30.1 Å². The number of methoxy groups -OCH3 is 1. The minimum atomic E-state index is -0.294. The fourth-order valence-electron chi connectivity index (χ4n) is 3.07. The summed E-state index contributed by atoms with van der Waals surface area (Å²) in [6, 6.07) is 14.6. The first-order valence-electron chi connectivity index (χ1n) is 9.42. The first-order valence-corrected chi connectivity index (χ1v) is 9.42. The first kappa shape index (κ1) is 19.4. The molecule has 152 valence electrons. The Morgan fingerprint density at radius 2 is 1.97 bits per heavy atom. The van der Waals surface area contributed by atoms with E-state index in [0.717, 1.165) is 16.5 Å². The van der Waals surface area contributed by atoms with Crippen LogP contribution in [0, 0.1) is 6.92 Å². The Morgan fingerprint density at radius 3 is 2.73 bits per heavy atom. The van der Waals surface area contributed by atoms with Crippen molar-refractivity contribution >= 4 is 22.5 Å². The second-order valence-corrected chi connectivity index (χ2v) is 6.89. The maximum absolute atomic E-state index is 12.4. The molecule has 8 nitrogen and oxygen atoms in total. The highest BCUT2D eigenvalue weighted by molar-refractivity contribution is 5.90. The number of nitrogens with one attached hydrogen (secondary N) is 2. The van der Waals surface area contributed by atoms with Crippen molar-refractivity contribution in [2.24, 2.45) is 0 Å². The number of aryl methyl sites for hydroxylation is 2. The number of ether oxygens (including phenoxy) is 1. The Kier molecular flexibility index (Phi) is 5.30. The van der Waals surface area contributed by atoms with Gasteiger partial charge in [0.1, 0.15) is 5.75 Å². The molecule has 1 amide bonds. The number of benzene rings is 2. The number of aromatic amines is 1. The van der Waals surface area contributed by atoms with Crippen molar-refractivity contribution in [2.75, 3.05) is 12.4 Å². The van der Waals surface area contributed by atoms with Crippen molar-refractivity contribution in [1.82, 2.24) is 15.1 Å². The Hall–Kier alpha value is -3.94. The molecule has 0 saturated carbocycles. The molecule has 4 rings (SSSR count). The van der Waals surface area contributed by atoms with Crippen LogP contribution in [0.15, 0.2) is 57.8 Å². The van der Waals surface area contributed by atoms with E-state index in [1.54, 1.807) is 37.4 Å². The average Bonchev–Trinajstić information content (AvgIpc) is 3.21. The number of pyridine rings is 1. The maximum Gasteiger partial charge on any atom is 0.259 e. The van der Waals surface area contributed by atoms with E-state index < -0.39 is 0 Å². The number of aromatic nitrogens is 3. The van der Waals surface area contributed by atoms with Gasteiger partial charge in [0.2, 0.25) is 17.6 Å². The summed E-state index contributed by atoms with van der Waals surface area (Å²) >= 11 is 0. The molecule has 0 fully saturated rings. The van der Waals surface area contributed by atoms with Gasteiger partial charge in [0.25, 0.3) is 5.56 Å². The summed E-state index contributed by atoms with van der Waals surface area (Å²) in [5.41, 5.74) is 2.51. The highest BCUT2D eigenvalue weighted by Crippen LogP contribution is 2.19. The number of fused-ring (bicyclic) bond motifs is 1. The number of carbonyl (C=O) groups is 1. The Bertz CT molecular complexity index is 1260. The molecule has 0 unspecified atom stereocenters. The normalized spacial score (nSPS) is 10.9. The van der Waals surface area contributed by atoms with Crippen molar-refractivity contribution < 1.29 is 14.1 Å². The van der Waals surface area contributed by atoms with Gasteiger partial charge in [0.05, 0.1) is 12.7 Å². The van der Waals surface area contributed by atoms with Gasteiger partial charge in [0.15, 0.2) is 0 Å². The molecule has 2 aromatic heterocycles. The van der Waals surface area contributed by atoms with E-state index in [1.807, 2.05) is 25.1 Å². The summed E-state index contributed by atoms with van der Waals surface area (Å²) in [7, 11) is 1.58. The van der Waals surface area contributed by atoms with Crippen molar-refractivity contribution in [3.05, 3.63) is 70.3 Å². The minimum Gasteiger partial charge on any atom is -0.497 e. The third-order valence-electron chi connectivity index (χ3n) is 4.65. The van der Waals surface area contributed by atoms with Gasteiger partial charge in [-0.05, 0) is 54.3 Å². The summed E-state index contributed by atoms with van der Waals surface area (Å²) in [6.07, 6.45) is 0.431. The zero-order valence-corrected chi connectivity index (χ0v) is 16.6. The van der Waals surface area contributed by atoms with Gasteiger partial charge < -0.3 is 19.6 Å². The molecule has 0 radical (unpaired) electrons. The lowest BCUT2D eigenvalue weighted by molar-refractivity contribution is -0.116. The fraction of sp³-hybridized carbons (Fsp3) is 0.182. The molecule has 2 aromatic carbocycles. The number of rotatable bonds is 6. The molecule has 0 bridgehead atoms.